The Labute approximate surface area is 247 Å². The van der Waals surface area contributed by atoms with Gasteiger partial charge in [0.1, 0.15) is 6.54 Å². The molecule has 0 spiro atoms. The maximum absolute atomic E-state index is 14.0. The molecule has 4 atom stereocenters. The number of nitrogens with zero attached hydrogens (tertiary/aromatic N) is 6. The van der Waals surface area contributed by atoms with Gasteiger partial charge in [-0.15, -0.1) is 0 Å². The molecule has 0 N–H and O–H groups in total. The van der Waals surface area contributed by atoms with Gasteiger partial charge in [-0.2, -0.15) is 10.2 Å². The van der Waals surface area contributed by atoms with Gasteiger partial charge in [-0.3, -0.25) is 19.4 Å². The van der Waals surface area contributed by atoms with Gasteiger partial charge in [-0.25, -0.2) is 9.91 Å². The van der Waals surface area contributed by atoms with Crippen molar-refractivity contribution in [1.29, 1.82) is 0 Å². The van der Waals surface area contributed by atoms with Crippen molar-refractivity contribution in [2.75, 3.05) is 11.4 Å². The summed E-state index contributed by atoms with van der Waals surface area (Å²) in [6.45, 7) is -0.233. The topological polar surface area (TPSA) is 98.0 Å². The second-order valence-corrected chi connectivity index (χ2v) is 11.3. The van der Waals surface area contributed by atoms with E-state index in [1.807, 2.05) is 48.5 Å². The van der Waals surface area contributed by atoms with Gasteiger partial charge in [0.05, 0.1) is 17.4 Å². The van der Waals surface area contributed by atoms with Gasteiger partial charge in [-0.05, 0) is 66.3 Å². The van der Waals surface area contributed by atoms with Crippen LogP contribution in [0.1, 0.15) is 36.4 Å². The Kier molecular flexibility index (Phi) is 6.66. The third kappa shape index (κ3) is 4.50. The first-order chi connectivity index (χ1) is 20.5. The SMILES string of the molecule is O=C1[C@H]2N=NN(CC(=O)N3N=C4/C(=C/c5ccccc5)CCC[C@@H]4[C@H]3c3ccccc3)[C@H]2C(=O)N1c1ccc(Cl)cc1. The zero-order valence-electron chi connectivity index (χ0n) is 22.6. The average Bonchev–Trinajstić information content (AvgIpc) is 3.68. The summed E-state index contributed by atoms with van der Waals surface area (Å²) in [5, 5.41) is 16.5. The highest BCUT2D eigenvalue weighted by Crippen LogP contribution is 2.44. The van der Waals surface area contributed by atoms with E-state index in [4.69, 9.17) is 16.7 Å². The van der Waals surface area contributed by atoms with Crippen LogP contribution in [-0.2, 0) is 14.4 Å². The molecule has 42 heavy (non-hydrogen) atoms. The number of amides is 3. The van der Waals surface area contributed by atoms with Crippen LogP contribution in [0.2, 0.25) is 5.02 Å². The largest absolute Gasteiger partial charge is 0.271 e. The molecule has 0 radical (unpaired) electrons. The van der Waals surface area contributed by atoms with E-state index >= 15 is 0 Å². The van der Waals surface area contributed by atoms with Gasteiger partial charge >= 0.3 is 0 Å². The fourth-order valence-electron chi connectivity index (χ4n) is 6.35. The lowest BCUT2D eigenvalue weighted by molar-refractivity contribution is -0.136. The molecule has 10 heteroatoms. The number of carbonyl (C=O) groups is 3. The van der Waals surface area contributed by atoms with Crippen molar-refractivity contribution in [3.05, 3.63) is 107 Å². The minimum absolute atomic E-state index is 0.0445. The number of hydrogen-bond donors (Lipinski definition) is 0. The highest BCUT2D eigenvalue weighted by Gasteiger charge is 2.55. The first-order valence-corrected chi connectivity index (χ1v) is 14.4. The summed E-state index contributed by atoms with van der Waals surface area (Å²) in [6, 6.07) is 24.2. The average molecular weight is 579 g/mol. The molecule has 7 rings (SSSR count). The molecule has 210 valence electrons. The van der Waals surface area contributed by atoms with E-state index in [1.165, 1.54) is 5.01 Å². The number of allylic oxidation sites excluding steroid dienone is 1. The van der Waals surface area contributed by atoms with Crippen molar-refractivity contribution in [3.8, 4) is 0 Å². The molecular formula is C32H27ClN6O3. The lowest BCUT2D eigenvalue weighted by Gasteiger charge is -2.30. The van der Waals surface area contributed by atoms with Crippen LogP contribution in [0.25, 0.3) is 6.08 Å². The molecule has 0 bridgehead atoms. The lowest BCUT2D eigenvalue weighted by atomic mass is 9.77. The van der Waals surface area contributed by atoms with Crippen molar-refractivity contribution in [3.63, 3.8) is 0 Å². The number of fused-ring (bicyclic) bond motifs is 2. The van der Waals surface area contributed by atoms with Crippen LogP contribution in [0.3, 0.4) is 0 Å². The van der Waals surface area contributed by atoms with Gasteiger partial charge in [0.25, 0.3) is 17.7 Å². The zero-order chi connectivity index (χ0) is 28.8. The molecule has 9 nitrogen and oxygen atoms in total. The summed E-state index contributed by atoms with van der Waals surface area (Å²) >= 11 is 5.99. The van der Waals surface area contributed by atoms with Gasteiger partial charge in [0.15, 0.2) is 12.1 Å². The third-order valence-electron chi connectivity index (χ3n) is 8.28. The monoisotopic (exact) mass is 578 g/mol. The highest BCUT2D eigenvalue weighted by molar-refractivity contribution is 6.31. The quantitative estimate of drug-likeness (QED) is 0.376. The van der Waals surface area contributed by atoms with Crippen molar-refractivity contribution in [1.82, 2.24) is 10.0 Å². The van der Waals surface area contributed by atoms with E-state index in [0.29, 0.717) is 10.7 Å². The highest BCUT2D eigenvalue weighted by atomic mass is 35.5. The maximum atomic E-state index is 14.0. The Morgan fingerprint density at radius 2 is 1.62 bits per heavy atom. The van der Waals surface area contributed by atoms with Gasteiger partial charge in [-0.1, -0.05) is 77.5 Å². The van der Waals surface area contributed by atoms with Crippen LogP contribution in [0.5, 0.6) is 0 Å². The minimum atomic E-state index is -1.00. The Bertz CT molecular complexity index is 1640. The predicted octanol–water partition coefficient (Wildman–Crippen LogP) is 5.46. The molecule has 0 aromatic heterocycles. The van der Waals surface area contributed by atoms with Gasteiger partial charge < -0.3 is 0 Å². The molecule has 2 fully saturated rings. The van der Waals surface area contributed by atoms with E-state index in [2.05, 4.69) is 28.5 Å². The first-order valence-electron chi connectivity index (χ1n) is 14.0. The number of anilines is 1. The molecule has 1 saturated carbocycles. The molecular weight excluding hydrogens is 552 g/mol. The van der Waals surface area contributed by atoms with Crippen LogP contribution in [0.15, 0.2) is 106 Å². The van der Waals surface area contributed by atoms with E-state index in [9.17, 15) is 14.4 Å². The lowest BCUT2D eigenvalue weighted by Crippen LogP contribution is -2.45. The fraction of sp³-hybridized carbons (Fsp3) is 0.250. The van der Waals surface area contributed by atoms with Crippen LogP contribution in [0, 0.1) is 5.92 Å². The van der Waals surface area contributed by atoms with E-state index in [0.717, 1.165) is 46.6 Å². The van der Waals surface area contributed by atoms with Crippen molar-refractivity contribution < 1.29 is 14.4 Å². The molecule has 3 amide bonds. The summed E-state index contributed by atoms with van der Waals surface area (Å²) in [6.07, 6.45) is 4.95. The van der Waals surface area contributed by atoms with Crippen molar-refractivity contribution >= 4 is 46.8 Å². The molecule has 4 aliphatic rings. The number of imide groups is 1. The smallest absolute Gasteiger partial charge is 0.264 e. The summed E-state index contributed by atoms with van der Waals surface area (Å²) in [7, 11) is 0. The second-order valence-electron chi connectivity index (χ2n) is 10.8. The molecule has 3 aromatic carbocycles. The van der Waals surface area contributed by atoms with E-state index < -0.39 is 23.9 Å². The van der Waals surface area contributed by atoms with Gasteiger partial charge in [0.2, 0.25) is 0 Å². The Morgan fingerprint density at radius 3 is 2.36 bits per heavy atom. The van der Waals surface area contributed by atoms with Gasteiger partial charge in [0, 0.05) is 10.9 Å². The standard InChI is InChI=1S/C32H27ClN6O3/c33-23-14-16-24(17-15-23)38-31(41)28-30(32(38)42)37(36-34-28)19-26(40)39-29(21-10-5-2-6-11-21)25-13-7-12-22(27(25)35-39)18-20-8-3-1-4-9-20/h1-6,8-11,14-18,25,28-30H,7,12-13,19H2/b22-18+/t25-,28-,29+,30+/m0/s1. The third-order valence-corrected chi connectivity index (χ3v) is 8.53. The number of halogens is 1. The van der Waals surface area contributed by atoms with E-state index in [1.54, 1.807) is 29.3 Å². The van der Waals surface area contributed by atoms with E-state index in [-0.39, 0.29) is 24.4 Å². The van der Waals surface area contributed by atoms with Crippen LogP contribution in [-0.4, -0.2) is 52.1 Å². The molecule has 0 unspecified atom stereocenters. The second kappa shape index (κ2) is 10.6. The number of hydrazone groups is 1. The minimum Gasteiger partial charge on any atom is -0.271 e. The molecule has 3 aromatic rings. The summed E-state index contributed by atoms with van der Waals surface area (Å²) in [4.78, 5) is 41.7. The summed E-state index contributed by atoms with van der Waals surface area (Å²) < 4.78 is 0. The summed E-state index contributed by atoms with van der Waals surface area (Å²) in [5.41, 5.74) is 4.55. The van der Waals surface area contributed by atoms with Crippen LogP contribution < -0.4 is 4.90 Å². The normalized spacial score (nSPS) is 25.7. The molecule has 1 aliphatic carbocycles. The Balaban J connectivity index is 1.18. The first kappa shape index (κ1) is 26.3. The summed E-state index contributed by atoms with van der Waals surface area (Å²) in [5.74, 6) is -1.21. The van der Waals surface area contributed by atoms with Crippen LogP contribution in [0.4, 0.5) is 5.69 Å². The molecule has 1 saturated heterocycles. The molecule has 3 heterocycles. The Morgan fingerprint density at radius 1 is 0.905 bits per heavy atom. The number of benzene rings is 3. The maximum Gasteiger partial charge on any atom is 0.264 e. The number of carbonyl (C=O) groups excluding carboxylic acids is 3. The van der Waals surface area contributed by atoms with Crippen molar-refractivity contribution in [2.24, 2.45) is 21.4 Å². The fourth-order valence-corrected chi connectivity index (χ4v) is 6.48. The zero-order valence-corrected chi connectivity index (χ0v) is 23.3. The van der Waals surface area contributed by atoms with Crippen molar-refractivity contribution in [2.45, 2.75) is 37.4 Å². The number of hydrogen-bond acceptors (Lipinski definition) is 7. The number of rotatable bonds is 5. The molecule has 3 aliphatic heterocycles. The Hall–Kier alpha value is -4.63. The van der Waals surface area contributed by atoms with Crippen LogP contribution >= 0.6 is 11.6 Å². The predicted molar refractivity (Wildman–Crippen MR) is 158 cm³/mol.